The van der Waals surface area contributed by atoms with Gasteiger partial charge >= 0.3 is 0 Å². The van der Waals surface area contributed by atoms with Crippen molar-refractivity contribution in [2.45, 2.75) is 63.1 Å². The summed E-state index contributed by atoms with van der Waals surface area (Å²) in [6, 6.07) is 1.59. The third-order valence-electron chi connectivity index (χ3n) is 5.75. The van der Waals surface area contributed by atoms with E-state index >= 15 is 0 Å². The van der Waals surface area contributed by atoms with Crippen LogP contribution in [0.15, 0.2) is 0 Å². The molecule has 4 fully saturated rings. The van der Waals surface area contributed by atoms with Crippen molar-refractivity contribution in [2.24, 2.45) is 17.8 Å². The number of hydrogen-bond acceptors (Lipinski definition) is 3. The Balaban J connectivity index is 1.52. The molecule has 0 aromatic carbocycles. The first-order chi connectivity index (χ1) is 8.42. The zero-order chi connectivity index (χ0) is 11.2. The van der Waals surface area contributed by atoms with Crippen molar-refractivity contribution in [1.29, 1.82) is 0 Å². The van der Waals surface area contributed by atoms with Gasteiger partial charge in [0.15, 0.2) is 0 Å². The Hall–Kier alpha value is -0.120. The van der Waals surface area contributed by atoms with Crippen LogP contribution in [0, 0.1) is 17.8 Å². The Bertz CT molecular complexity index is 294. The molecule has 0 aromatic heterocycles. The van der Waals surface area contributed by atoms with Crippen LogP contribution < -0.4 is 10.8 Å². The summed E-state index contributed by atoms with van der Waals surface area (Å²) in [7, 11) is 0. The molecule has 4 rings (SSSR count). The lowest BCUT2D eigenvalue weighted by Gasteiger charge is -2.42. The van der Waals surface area contributed by atoms with Crippen molar-refractivity contribution < 1.29 is 4.84 Å². The Kier molecular flexibility index (Phi) is 2.67. The minimum atomic E-state index is 0.484. The molecule has 6 unspecified atom stereocenters. The van der Waals surface area contributed by atoms with Gasteiger partial charge in [-0.3, -0.25) is 4.84 Å². The van der Waals surface area contributed by atoms with Crippen molar-refractivity contribution in [3.05, 3.63) is 0 Å². The molecular weight excluding hydrogens is 212 g/mol. The molecule has 6 atom stereocenters. The highest BCUT2D eigenvalue weighted by atomic mass is 16.7. The van der Waals surface area contributed by atoms with Gasteiger partial charge in [-0.25, -0.2) is 5.48 Å². The molecule has 3 heteroatoms. The molecule has 3 nitrogen and oxygen atoms in total. The van der Waals surface area contributed by atoms with E-state index in [2.05, 4.69) is 10.8 Å². The van der Waals surface area contributed by atoms with E-state index in [0.717, 1.165) is 36.4 Å². The maximum absolute atomic E-state index is 5.75. The van der Waals surface area contributed by atoms with Gasteiger partial charge < -0.3 is 5.32 Å². The predicted molar refractivity (Wildman–Crippen MR) is 66.4 cm³/mol. The van der Waals surface area contributed by atoms with E-state index in [1.54, 1.807) is 0 Å². The SMILES string of the molecule is C1CCC2C(C1)NC1CC3ONCCC3CC12. The number of nitrogens with one attached hydrogen (secondary N) is 2. The van der Waals surface area contributed by atoms with Crippen LogP contribution in [0.5, 0.6) is 0 Å². The molecule has 96 valence electrons. The molecule has 0 spiro atoms. The van der Waals surface area contributed by atoms with E-state index < -0.39 is 0 Å². The summed E-state index contributed by atoms with van der Waals surface area (Å²) in [4.78, 5) is 5.75. The van der Waals surface area contributed by atoms with Gasteiger partial charge in [-0.2, -0.15) is 0 Å². The molecule has 0 aromatic rings. The number of fused-ring (bicyclic) bond motifs is 4. The monoisotopic (exact) mass is 236 g/mol. The topological polar surface area (TPSA) is 33.3 Å². The van der Waals surface area contributed by atoms with E-state index in [-0.39, 0.29) is 0 Å². The molecule has 2 saturated carbocycles. The molecule has 2 aliphatic heterocycles. The molecular formula is C14H24N2O. The van der Waals surface area contributed by atoms with Crippen molar-refractivity contribution in [1.82, 2.24) is 10.8 Å². The van der Waals surface area contributed by atoms with Gasteiger partial charge in [-0.1, -0.05) is 12.8 Å². The summed E-state index contributed by atoms with van der Waals surface area (Å²) < 4.78 is 0. The third kappa shape index (κ3) is 1.74. The predicted octanol–water partition coefficient (Wildman–Crippen LogP) is 1.84. The largest absolute Gasteiger partial charge is 0.311 e. The van der Waals surface area contributed by atoms with E-state index in [4.69, 9.17) is 4.84 Å². The van der Waals surface area contributed by atoms with Gasteiger partial charge in [-0.05, 0) is 49.9 Å². The van der Waals surface area contributed by atoms with Gasteiger partial charge in [0.25, 0.3) is 0 Å². The number of hydroxylamine groups is 1. The van der Waals surface area contributed by atoms with Gasteiger partial charge in [0.1, 0.15) is 0 Å². The van der Waals surface area contributed by atoms with Crippen LogP contribution >= 0.6 is 0 Å². The molecule has 2 saturated heterocycles. The molecule has 2 N–H and O–H groups in total. The number of hydrogen-bond donors (Lipinski definition) is 2. The highest BCUT2D eigenvalue weighted by Gasteiger charge is 2.49. The summed E-state index contributed by atoms with van der Waals surface area (Å²) in [5, 5.41) is 3.92. The van der Waals surface area contributed by atoms with Crippen LogP contribution in [0.1, 0.15) is 44.9 Å². The molecule has 4 aliphatic rings. The normalized spacial score (nSPS) is 53.6. The van der Waals surface area contributed by atoms with Crippen LogP contribution in [0.4, 0.5) is 0 Å². The average molecular weight is 236 g/mol. The van der Waals surface area contributed by atoms with Crippen LogP contribution in [-0.2, 0) is 4.84 Å². The molecule has 0 radical (unpaired) electrons. The Labute approximate surface area is 104 Å². The fourth-order valence-electron chi connectivity index (χ4n) is 4.96. The molecule has 17 heavy (non-hydrogen) atoms. The first kappa shape index (κ1) is 10.8. The third-order valence-corrected chi connectivity index (χ3v) is 5.75. The van der Waals surface area contributed by atoms with Crippen molar-refractivity contribution in [3.8, 4) is 0 Å². The van der Waals surface area contributed by atoms with Crippen molar-refractivity contribution in [2.75, 3.05) is 6.54 Å². The quantitative estimate of drug-likeness (QED) is 0.673. The van der Waals surface area contributed by atoms with Crippen LogP contribution in [-0.4, -0.2) is 24.7 Å². The summed E-state index contributed by atoms with van der Waals surface area (Å²) in [6.45, 7) is 1.06. The maximum atomic E-state index is 5.75. The van der Waals surface area contributed by atoms with E-state index in [0.29, 0.717) is 6.10 Å². The van der Waals surface area contributed by atoms with Gasteiger partial charge in [0.05, 0.1) is 6.10 Å². The lowest BCUT2D eigenvalue weighted by atomic mass is 9.68. The fraction of sp³-hybridized carbons (Fsp3) is 1.00. The summed E-state index contributed by atoms with van der Waals surface area (Å²) in [6.07, 6.45) is 10.3. The second kappa shape index (κ2) is 4.22. The minimum absolute atomic E-state index is 0.484. The maximum Gasteiger partial charge on any atom is 0.0833 e. The Morgan fingerprint density at radius 2 is 1.82 bits per heavy atom. The molecule has 2 heterocycles. The van der Waals surface area contributed by atoms with E-state index in [1.165, 1.54) is 44.9 Å². The smallest absolute Gasteiger partial charge is 0.0833 e. The Morgan fingerprint density at radius 1 is 0.882 bits per heavy atom. The summed E-state index contributed by atoms with van der Waals surface area (Å²) in [5.74, 6) is 2.79. The first-order valence-electron chi connectivity index (χ1n) is 7.56. The van der Waals surface area contributed by atoms with Crippen molar-refractivity contribution in [3.63, 3.8) is 0 Å². The van der Waals surface area contributed by atoms with Crippen LogP contribution in [0.3, 0.4) is 0 Å². The van der Waals surface area contributed by atoms with Gasteiger partial charge in [0.2, 0.25) is 0 Å². The standard InChI is InChI=1S/C14H24N2O/c1-2-4-12-10(3-1)11-7-9-5-6-15-17-14(9)8-13(11)16-12/h9-16H,1-8H2. The summed E-state index contributed by atoms with van der Waals surface area (Å²) >= 11 is 0. The van der Waals surface area contributed by atoms with E-state index in [1.807, 2.05) is 0 Å². The molecule has 2 aliphatic carbocycles. The van der Waals surface area contributed by atoms with Gasteiger partial charge in [-0.15, -0.1) is 0 Å². The first-order valence-corrected chi connectivity index (χ1v) is 7.56. The second-order valence-corrected chi connectivity index (χ2v) is 6.56. The van der Waals surface area contributed by atoms with Gasteiger partial charge in [0, 0.05) is 18.6 Å². The van der Waals surface area contributed by atoms with E-state index in [9.17, 15) is 0 Å². The zero-order valence-electron chi connectivity index (χ0n) is 10.5. The zero-order valence-corrected chi connectivity index (χ0v) is 10.5. The van der Waals surface area contributed by atoms with Crippen LogP contribution in [0.25, 0.3) is 0 Å². The lowest BCUT2D eigenvalue weighted by Crippen LogP contribution is -2.48. The Morgan fingerprint density at radius 3 is 2.82 bits per heavy atom. The minimum Gasteiger partial charge on any atom is -0.311 e. The number of rotatable bonds is 0. The second-order valence-electron chi connectivity index (χ2n) is 6.56. The van der Waals surface area contributed by atoms with Crippen molar-refractivity contribution >= 4 is 0 Å². The highest BCUT2D eigenvalue weighted by Crippen LogP contribution is 2.47. The molecule has 0 amide bonds. The average Bonchev–Trinajstić information content (AvgIpc) is 2.73. The lowest BCUT2D eigenvalue weighted by molar-refractivity contribution is -0.116. The highest BCUT2D eigenvalue weighted by molar-refractivity contribution is 5.04. The molecule has 0 bridgehead atoms. The summed E-state index contributed by atoms with van der Waals surface area (Å²) in [5.41, 5.74) is 3.10. The van der Waals surface area contributed by atoms with Crippen LogP contribution in [0.2, 0.25) is 0 Å². The fourth-order valence-corrected chi connectivity index (χ4v) is 4.96.